The minimum atomic E-state index is 0.705. The molecule has 23 heavy (non-hydrogen) atoms. The van der Waals surface area contributed by atoms with Crippen molar-refractivity contribution in [3.8, 4) is 6.07 Å². The maximum Gasteiger partial charge on any atom is 0.103 e. The van der Waals surface area contributed by atoms with Crippen molar-refractivity contribution in [3.63, 3.8) is 0 Å². The molecular weight excluding hydrogens is 301 g/mol. The van der Waals surface area contributed by atoms with Gasteiger partial charge in [0.25, 0.3) is 0 Å². The number of anilines is 1. The summed E-state index contributed by atoms with van der Waals surface area (Å²) in [5.41, 5.74) is 4.00. The molecule has 4 heteroatoms. The molecular formula is C19H24N3P. The highest BCUT2D eigenvalue weighted by molar-refractivity contribution is 7.36. The Balaban J connectivity index is 1.91. The van der Waals surface area contributed by atoms with E-state index < -0.39 is 0 Å². The van der Waals surface area contributed by atoms with Gasteiger partial charge in [-0.05, 0) is 50.5 Å². The van der Waals surface area contributed by atoms with E-state index in [1.165, 1.54) is 31.0 Å². The fraction of sp³-hybridized carbons (Fsp3) is 0.474. The highest BCUT2D eigenvalue weighted by Crippen LogP contribution is 2.34. The van der Waals surface area contributed by atoms with Crippen LogP contribution in [0.25, 0.3) is 10.9 Å². The Bertz CT molecular complexity index is 727. The lowest BCUT2D eigenvalue weighted by Gasteiger charge is -2.34. The topological polar surface area (TPSA) is 39.9 Å². The van der Waals surface area contributed by atoms with Gasteiger partial charge in [0.15, 0.2) is 0 Å². The molecule has 0 aliphatic carbocycles. The Morgan fingerprint density at radius 1 is 1.35 bits per heavy atom. The predicted octanol–water partition coefficient (Wildman–Crippen LogP) is 4.33. The van der Waals surface area contributed by atoms with Gasteiger partial charge in [0.2, 0.25) is 0 Å². The van der Waals surface area contributed by atoms with Crippen LogP contribution in [0.3, 0.4) is 0 Å². The van der Waals surface area contributed by atoms with E-state index in [2.05, 4.69) is 47.7 Å². The third-order valence-corrected chi connectivity index (χ3v) is 5.71. The standard InChI is InChI=1S/C19H24N3P/c1-14-4-3-5-17-18(14)21-13-16(12-20)19(17)22-9-6-15(7-10-22)8-11-23-2/h3-5,13,15,23H,6-11H2,1-2H3. The number of rotatable bonds is 4. The van der Waals surface area contributed by atoms with Gasteiger partial charge >= 0.3 is 0 Å². The molecule has 0 amide bonds. The molecule has 2 heterocycles. The summed E-state index contributed by atoms with van der Waals surface area (Å²) in [5.74, 6) is 0.860. The molecule has 0 saturated carbocycles. The molecule has 1 aromatic heterocycles. The molecule has 0 N–H and O–H groups in total. The highest BCUT2D eigenvalue weighted by atomic mass is 31.1. The fourth-order valence-electron chi connectivity index (χ4n) is 3.57. The van der Waals surface area contributed by atoms with Crippen molar-refractivity contribution in [2.24, 2.45) is 5.92 Å². The minimum absolute atomic E-state index is 0.705. The first-order valence-corrected chi connectivity index (χ1v) is 10.1. The fourth-order valence-corrected chi connectivity index (χ4v) is 4.27. The van der Waals surface area contributed by atoms with Crippen molar-refractivity contribution in [2.45, 2.75) is 26.2 Å². The summed E-state index contributed by atoms with van der Waals surface area (Å²) in [6.45, 7) is 6.49. The zero-order chi connectivity index (χ0) is 16.2. The van der Waals surface area contributed by atoms with Gasteiger partial charge in [-0.25, -0.2) is 0 Å². The first-order valence-electron chi connectivity index (χ1n) is 8.42. The average Bonchev–Trinajstić information content (AvgIpc) is 2.60. The van der Waals surface area contributed by atoms with Crippen LogP contribution >= 0.6 is 8.58 Å². The summed E-state index contributed by atoms with van der Waals surface area (Å²) in [5, 5.41) is 10.7. The van der Waals surface area contributed by atoms with E-state index in [0.29, 0.717) is 5.56 Å². The second-order valence-corrected chi connectivity index (χ2v) is 7.63. The van der Waals surface area contributed by atoms with Crippen LogP contribution in [-0.2, 0) is 0 Å². The maximum atomic E-state index is 9.53. The Hall–Kier alpha value is -1.65. The van der Waals surface area contributed by atoms with E-state index in [0.717, 1.165) is 44.2 Å². The highest BCUT2D eigenvalue weighted by Gasteiger charge is 2.23. The van der Waals surface area contributed by atoms with Gasteiger partial charge in [0.1, 0.15) is 6.07 Å². The number of piperidine rings is 1. The summed E-state index contributed by atoms with van der Waals surface area (Å²) in [7, 11) is 1.07. The summed E-state index contributed by atoms with van der Waals surface area (Å²) < 4.78 is 0. The van der Waals surface area contributed by atoms with Crippen LogP contribution in [0.5, 0.6) is 0 Å². The molecule has 2 aromatic rings. The van der Waals surface area contributed by atoms with Gasteiger partial charge in [-0.3, -0.25) is 4.98 Å². The second kappa shape index (κ2) is 7.28. The summed E-state index contributed by atoms with van der Waals surface area (Å²) in [6.07, 6.45) is 6.96. The molecule has 1 saturated heterocycles. The van der Waals surface area contributed by atoms with Gasteiger partial charge < -0.3 is 4.90 Å². The Labute approximate surface area is 140 Å². The number of fused-ring (bicyclic) bond motifs is 1. The number of nitriles is 1. The molecule has 1 fully saturated rings. The third-order valence-electron chi connectivity index (χ3n) is 4.92. The first kappa shape index (κ1) is 16.2. The second-order valence-electron chi connectivity index (χ2n) is 6.43. The summed E-state index contributed by atoms with van der Waals surface area (Å²) in [4.78, 5) is 6.92. The lowest BCUT2D eigenvalue weighted by atomic mass is 9.93. The van der Waals surface area contributed by atoms with Crippen LogP contribution in [0.2, 0.25) is 0 Å². The molecule has 0 bridgehead atoms. The van der Waals surface area contributed by atoms with Crippen molar-refractivity contribution >= 4 is 25.2 Å². The number of aromatic nitrogens is 1. The molecule has 3 nitrogen and oxygen atoms in total. The lowest BCUT2D eigenvalue weighted by molar-refractivity contribution is 0.397. The minimum Gasteiger partial charge on any atom is -0.370 e. The number of hydrogen-bond donors (Lipinski definition) is 0. The van der Waals surface area contributed by atoms with Crippen LogP contribution < -0.4 is 4.90 Å². The van der Waals surface area contributed by atoms with Crippen molar-refractivity contribution in [3.05, 3.63) is 35.5 Å². The molecule has 1 aliphatic rings. The summed E-state index contributed by atoms with van der Waals surface area (Å²) in [6, 6.07) is 8.61. The van der Waals surface area contributed by atoms with Crippen LogP contribution in [0.1, 0.15) is 30.4 Å². The smallest absolute Gasteiger partial charge is 0.103 e. The Kier molecular flexibility index (Phi) is 5.13. The van der Waals surface area contributed by atoms with E-state index in [9.17, 15) is 5.26 Å². The predicted molar refractivity (Wildman–Crippen MR) is 99.9 cm³/mol. The zero-order valence-electron chi connectivity index (χ0n) is 14.0. The number of para-hydroxylation sites is 1. The zero-order valence-corrected chi connectivity index (χ0v) is 15.0. The van der Waals surface area contributed by atoms with Crippen molar-refractivity contribution < 1.29 is 0 Å². The largest absolute Gasteiger partial charge is 0.370 e. The first-order chi connectivity index (χ1) is 11.2. The molecule has 1 atom stereocenters. The Morgan fingerprint density at radius 3 is 2.83 bits per heavy atom. The van der Waals surface area contributed by atoms with Crippen LogP contribution in [-0.4, -0.2) is 30.9 Å². The molecule has 0 spiro atoms. The third kappa shape index (κ3) is 3.33. The molecule has 120 valence electrons. The van der Waals surface area contributed by atoms with E-state index in [1.807, 2.05) is 0 Å². The normalized spacial score (nSPS) is 16.3. The van der Waals surface area contributed by atoms with Gasteiger partial charge in [-0.1, -0.05) is 18.2 Å². The molecule has 1 unspecified atom stereocenters. The molecule has 1 aromatic carbocycles. The van der Waals surface area contributed by atoms with Gasteiger partial charge in [-0.2, -0.15) is 5.26 Å². The van der Waals surface area contributed by atoms with E-state index in [1.54, 1.807) is 6.20 Å². The molecule has 0 radical (unpaired) electrons. The van der Waals surface area contributed by atoms with Crippen LogP contribution in [0.15, 0.2) is 24.4 Å². The number of aryl methyl sites for hydroxylation is 1. The molecule has 3 rings (SSSR count). The molecule has 1 aliphatic heterocycles. The van der Waals surface area contributed by atoms with Gasteiger partial charge in [0, 0.05) is 24.7 Å². The lowest BCUT2D eigenvalue weighted by Crippen LogP contribution is -2.34. The van der Waals surface area contributed by atoms with Crippen LogP contribution in [0, 0.1) is 24.2 Å². The average molecular weight is 325 g/mol. The van der Waals surface area contributed by atoms with Crippen molar-refractivity contribution in [1.29, 1.82) is 5.26 Å². The van der Waals surface area contributed by atoms with E-state index in [4.69, 9.17) is 0 Å². The van der Waals surface area contributed by atoms with Crippen LogP contribution in [0.4, 0.5) is 5.69 Å². The number of pyridine rings is 1. The van der Waals surface area contributed by atoms with E-state index in [-0.39, 0.29) is 0 Å². The monoisotopic (exact) mass is 325 g/mol. The Morgan fingerprint density at radius 2 is 2.13 bits per heavy atom. The maximum absolute atomic E-state index is 9.53. The quantitative estimate of drug-likeness (QED) is 0.786. The van der Waals surface area contributed by atoms with Crippen molar-refractivity contribution in [1.82, 2.24) is 4.98 Å². The summed E-state index contributed by atoms with van der Waals surface area (Å²) >= 11 is 0. The van der Waals surface area contributed by atoms with E-state index >= 15 is 0 Å². The number of nitrogens with zero attached hydrogens (tertiary/aromatic N) is 3. The number of hydrogen-bond acceptors (Lipinski definition) is 3. The SMILES string of the molecule is CPCCC1CCN(c2c(C#N)cnc3c(C)cccc23)CC1. The van der Waals surface area contributed by atoms with Gasteiger partial charge in [-0.15, -0.1) is 8.58 Å². The van der Waals surface area contributed by atoms with Crippen molar-refractivity contribution in [2.75, 3.05) is 30.8 Å². The van der Waals surface area contributed by atoms with Gasteiger partial charge in [0.05, 0.1) is 16.8 Å². The number of benzene rings is 1.